The molecule has 0 aromatic carbocycles. The maximum absolute atomic E-state index is 12.7. The first-order chi connectivity index (χ1) is 11.8. The lowest BCUT2D eigenvalue weighted by Gasteiger charge is -2.28. The minimum atomic E-state index is -4.11. The van der Waals surface area contributed by atoms with Crippen molar-refractivity contribution in [2.24, 2.45) is 11.8 Å². The second kappa shape index (κ2) is 8.13. The Kier molecular flexibility index (Phi) is 6.17. The number of rotatable bonds is 5. The van der Waals surface area contributed by atoms with Gasteiger partial charge < -0.3 is 10.1 Å². The van der Waals surface area contributed by atoms with E-state index in [-0.39, 0.29) is 30.5 Å². The van der Waals surface area contributed by atoms with Crippen molar-refractivity contribution in [3.05, 3.63) is 30.4 Å². The summed E-state index contributed by atoms with van der Waals surface area (Å²) in [5.74, 6) is -1.03. The Morgan fingerprint density at radius 2 is 2.00 bits per heavy atom. The molecule has 1 amide bonds. The van der Waals surface area contributed by atoms with Gasteiger partial charge in [-0.1, -0.05) is 18.7 Å². The largest absolute Gasteiger partial charge is 0.479 e. The van der Waals surface area contributed by atoms with E-state index in [4.69, 9.17) is 4.74 Å². The Bertz CT molecular complexity index is 651. The van der Waals surface area contributed by atoms with Crippen molar-refractivity contribution in [1.29, 1.82) is 0 Å². The zero-order valence-corrected chi connectivity index (χ0v) is 13.8. The summed E-state index contributed by atoms with van der Waals surface area (Å²) in [6, 6.07) is 1.59. The van der Waals surface area contributed by atoms with Crippen LogP contribution in [0.5, 0.6) is 5.88 Å². The van der Waals surface area contributed by atoms with Gasteiger partial charge in [-0.25, -0.2) is 0 Å². The fourth-order valence-electron chi connectivity index (χ4n) is 2.79. The van der Waals surface area contributed by atoms with Crippen LogP contribution in [-0.4, -0.2) is 29.4 Å². The molecule has 2 rings (SSSR count). The molecule has 1 heterocycles. The van der Waals surface area contributed by atoms with Crippen molar-refractivity contribution in [2.45, 2.75) is 31.9 Å². The monoisotopic (exact) mass is 355 g/mol. The van der Waals surface area contributed by atoms with Crippen molar-refractivity contribution >= 4 is 17.8 Å². The number of amides is 1. The van der Waals surface area contributed by atoms with Crippen LogP contribution in [0.2, 0.25) is 0 Å². The van der Waals surface area contributed by atoms with Crippen LogP contribution in [0.15, 0.2) is 24.8 Å². The van der Waals surface area contributed by atoms with Crippen LogP contribution in [0.4, 0.5) is 19.0 Å². The average Bonchev–Trinajstić information content (AvgIpc) is 2.59. The van der Waals surface area contributed by atoms with E-state index in [1.807, 2.05) is 6.08 Å². The molecule has 0 spiro atoms. The summed E-state index contributed by atoms with van der Waals surface area (Å²) in [7, 11) is 1.44. The van der Waals surface area contributed by atoms with Crippen molar-refractivity contribution < 1.29 is 22.7 Å². The Labute approximate surface area is 144 Å². The number of aromatic nitrogens is 2. The molecule has 136 valence electrons. The molecule has 1 fully saturated rings. The van der Waals surface area contributed by atoms with Gasteiger partial charge >= 0.3 is 6.18 Å². The minimum Gasteiger partial charge on any atom is -0.479 e. The molecule has 5 nitrogen and oxygen atoms in total. The number of ether oxygens (including phenoxy) is 1. The highest BCUT2D eigenvalue weighted by Gasteiger charge is 2.40. The molecule has 1 aromatic rings. The number of nitrogens with zero attached hydrogens (tertiary/aromatic N) is 2. The van der Waals surface area contributed by atoms with Gasteiger partial charge in [0.15, 0.2) is 5.82 Å². The number of halogens is 3. The smallest absolute Gasteiger partial charge is 0.391 e. The fraction of sp³-hybridized carbons (Fsp3) is 0.471. The lowest BCUT2D eigenvalue weighted by molar-refractivity contribution is -0.183. The number of nitrogens with one attached hydrogen (secondary N) is 1. The molecule has 1 aliphatic rings. The third kappa shape index (κ3) is 5.30. The van der Waals surface area contributed by atoms with Crippen LogP contribution in [0.25, 0.3) is 6.08 Å². The van der Waals surface area contributed by atoms with Crippen molar-refractivity contribution in [3.8, 4) is 5.88 Å². The summed E-state index contributed by atoms with van der Waals surface area (Å²) < 4.78 is 43.2. The van der Waals surface area contributed by atoms with Gasteiger partial charge in [0.05, 0.1) is 13.0 Å². The number of hydrogen-bond acceptors (Lipinski definition) is 4. The summed E-state index contributed by atoms with van der Waals surface area (Å²) in [4.78, 5) is 11.3. The number of methoxy groups -OCH3 is 1. The number of carbonyl (C=O) groups is 1. The summed E-state index contributed by atoms with van der Waals surface area (Å²) >= 11 is 0. The first-order valence-electron chi connectivity index (χ1n) is 7.93. The van der Waals surface area contributed by atoms with E-state index in [1.54, 1.807) is 12.1 Å². The number of allylic oxidation sites excluding steroid dienone is 1. The van der Waals surface area contributed by atoms with Gasteiger partial charge in [0.25, 0.3) is 0 Å². The molecular formula is C17H20F3N3O2. The summed E-state index contributed by atoms with van der Waals surface area (Å²) in [6.45, 7) is 3.35. The van der Waals surface area contributed by atoms with Crippen LogP contribution in [0.1, 0.15) is 31.2 Å². The van der Waals surface area contributed by atoms with E-state index in [1.165, 1.54) is 7.11 Å². The molecule has 1 aliphatic carbocycles. The van der Waals surface area contributed by atoms with E-state index in [2.05, 4.69) is 22.1 Å². The maximum atomic E-state index is 12.7. The van der Waals surface area contributed by atoms with E-state index >= 15 is 0 Å². The molecule has 8 heteroatoms. The Balaban J connectivity index is 2.05. The number of carbonyl (C=O) groups excluding carboxylic acids is 1. The molecule has 0 saturated heterocycles. The highest BCUT2D eigenvalue weighted by Crippen LogP contribution is 2.40. The zero-order valence-electron chi connectivity index (χ0n) is 13.8. The standard InChI is InChI=1S/C17H20F3N3O2/c1-3-15(24)21-14-10-12(16(25-2)23-22-14)7-4-11-5-8-13(9-6-11)17(18,19)20/h3-4,7,10-11,13H,1,5-6,8-9H2,2H3,(H,21,22,24). The van der Waals surface area contributed by atoms with Crippen LogP contribution in [-0.2, 0) is 4.79 Å². The first-order valence-corrected chi connectivity index (χ1v) is 7.93. The van der Waals surface area contributed by atoms with Crippen LogP contribution < -0.4 is 10.1 Å². The lowest BCUT2D eigenvalue weighted by atomic mass is 9.81. The van der Waals surface area contributed by atoms with E-state index in [0.717, 1.165) is 6.08 Å². The topological polar surface area (TPSA) is 64.1 Å². The third-order valence-electron chi connectivity index (χ3n) is 4.20. The summed E-state index contributed by atoms with van der Waals surface area (Å²) in [6.07, 6.45) is 1.88. The number of anilines is 1. The number of hydrogen-bond donors (Lipinski definition) is 1. The first kappa shape index (κ1) is 19.0. The van der Waals surface area contributed by atoms with E-state index in [0.29, 0.717) is 18.4 Å². The zero-order chi connectivity index (χ0) is 18.4. The van der Waals surface area contributed by atoms with Gasteiger partial charge in [-0.2, -0.15) is 13.2 Å². The van der Waals surface area contributed by atoms with Crippen LogP contribution >= 0.6 is 0 Å². The molecule has 0 bridgehead atoms. The third-order valence-corrected chi connectivity index (χ3v) is 4.20. The normalized spacial score (nSPS) is 21.1. The average molecular weight is 355 g/mol. The van der Waals surface area contributed by atoms with Crippen molar-refractivity contribution in [3.63, 3.8) is 0 Å². The molecule has 0 aliphatic heterocycles. The Hall–Kier alpha value is -2.38. The van der Waals surface area contributed by atoms with Gasteiger partial charge in [-0.3, -0.25) is 4.79 Å². The van der Waals surface area contributed by atoms with Crippen LogP contribution in [0, 0.1) is 11.8 Å². The molecule has 0 atom stereocenters. The minimum absolute atomic E-state index is 0.0719. The van der Waals surface area contributed by atoms with Gasteiger partial charge in [-0.05, 0) is 43.7 Å². The summed E-state index contributed by atoms with van der Waals surface area (Å²) in [5, 5.41) is 10.2. The second-order valence-electron chi connectivity index (χ2n) is 5.90. The highest BCUT2D eigenvalue weighted by molar-refractivity contribution is 5.98. The molecule has 0 unspecified atom stereocenters. The van der Waals surface area contributed by atoms with E-state index < -0.39 is 18.0 Å². The highest BCUT2D eigenvalue weighted by atomic mass is 19.4. The predicted molar refractivity (Wildman–Crippen MR) is 87.9 cm³/mol. The second-order valence-corrected chi connectivity index (χ2v) is 5.90. The maximum Gasteiger partial charge on any atom is 0.391 e. The number of alkyl halides is 3. The Morgan fingerprint density at radius 3 is 2.56 bits per heavy atom. The van der Waals surface area contributed by atoms with Gasteiger partial charge in [-0.15, -0.1) is 10.2 Å². The van der Waals surface area contributed by atoms with Crippen molar-refractivity contribution in [1.82, 2.24) is 10.2 Å². The SMILES string of the molecule is C=CC(=O)Nc1cc(C=CC2CCC(C(F)(F)F)CC2)c(OC)nn1. The van der Waals surface area contributed by atoms with E-state index in [9.17, 15) is 18.0 Å². The fourth-order valence-corrected chi connectivity index (χ4v) is 2.79. The molecule has 1 saturated carbocycles. The summed E-state index contributed by atoms with van der Waals surface area (Å²) in [5.41, 5.74) is 0.592. The Morgan fingerprint density at radius 1 is 1.32 bits per heavy atom. The lowest BCUT2D eigenvalue weighted by Crippen LogP contribution is -2.27. The van der Waals surface area contributed by atoms with Gasteiger partial charge in [0, 0.05) is 5.56 Å². The van der Waals surface area contributed by atoms with Crippen LogP contribution in [0.3, 0.4) is 0 Å². The predicted octanol–water partition coefficient (Wildman–Crippen LogP) is 3.99. The molecule has 1 aromatic heterocycles. The molecule has 25 heavy (non-hydrogen) atoms. The quantitative estimate of drug-likeness (QED) is 0.811. The van der Waals surface area contributed by atoms with Crippen molar-refractivity contribution in [2.75, 3.05) is 12.4 Å². The van der Waals surface area contributed by atoms with Gasteiger partial charge in [0.1, 0.15) is 0 Å². The molecule has 0 radical (unpaired) electrons. The molecule has 1 N–H and O–H groups in total. The van der Waals surface area contributed by atoms with Gasteiger partial charge in [0.2, 0.25) is 11.8 Å². The molecular weight excluding hydrogens is 335 g/mol.